The van der Waals surface area contributed by atoms with Crippen molar-refractivity contribution in [1.29, 1.82) is 0 Å². The van der Waals surface area contributed by atoms with Gasteiger partial charge in [0.2, 0.25) is 10.0 Å². The second-order valence-corrected chi connectivity index (χ2v) is 5.47. The molecular weight excluding hydrogens is 192 g/mol. The molecule has 0 aromatic carbocycles. The van der Waals surface area contributed by atoms with Crippen LogP contribution in [0.15, 0.2) is 0 Å². The van der Waals surface area contributed by atoms with E-state index < -0.39 is 15.6 Å². The first-order valence-corrected chi connectivity index (χ1v) is 6.03. The minimum absolute atomic E-state index is 0.0521. The van der Waals surface area contributed by atoms with Gasteiger partial charge in [0.25, 0.3) is 0 Å². The molecule has 1 fully saturated rings. The lowest BCUT2D eigenvalue weighted by Gasteiger charge is -2.21. The standard InChI is InChI=1S/C7H16N2O3S/c1-2-13(11,12)9-6-7(10)3-4-8-5-7/h8-10H,2-6H2,1H3. The van der Waals surface area contributed by atoms with E-state index in [2.05, 4.69) is 10.0 Å². The molecule has 1 aliphatic rings. The Morgan fingerprint density at radius 2 is 2.31 bits per heavy atom. The van der Waals surface area contributed by atoms with Gasteiger partial charge in [-0.15, -0.1) is 0 Å². The number of β-amino-alcohol motifs (C(OH)–C–C–N with tert-alkyl or cyclic N) is 1. The summed E-state index contributed by atoms with van der Waals surface area (Å²) in [5.41, 5.74) is -0.901. The molecule has 1 unspecified atom stereocenters. The summed E-state index contributed by atoms with van der Waals surface area (Å²) in [5, 5.41) is 12.7. The molecule has 1 atom stereocenters. The summed E-state index contributed by atoms with van der Waals surface area (Å²) < 4.78 is 24.5. The maximum Gasteiger partial charge on any atom is 0.211 e. The summed E-state index contributed by atoms with van der Waals surface area (Å²) in [6, 6.07) is 0. The van der Waals surface area contributed by atoms with E-state index in [9.17, 15) is 13.5 Å². The van der Waals surface area contributed by atoms with Crippen molar-refractivity contribution in [2.24, 2.45) is 0 Å². The molecule has 0 saturated carbocycles. The van der Waals surface area contributed by atoms with E-state index in [-0.39, 0.29) is 12.3 Å². The van der Waals surface area contributed by atoms with Crippen molar-refractivity contribution < 1.29 is 13.5 Å². The fourth-order valence-electron chi connectivity index (χ4n) is 1.23. The molecule has 0 amide bonds. The van der Waals surface area contributed by atoms with Crippen LogP contribution < -0.4 is 10.0 Å². The fraction of sp³-hybridized carbons (Fsp3) is 1.00. The smallest absolute Gasteiger partial charge is 0.211 e. The molecule has 0 aliphatic carbocycles. The predicted molar refractivity (Wildman–Crippen MR) is 49.9 cm³/mol. The Morgan fingerprint density at radius 1 is 1.62 bits per heavy atom. The highest BCUT2D eigenvalue weighted by atomic mass is 32.2. The molecule has 1 heterocycles. The normalized spacial score (nSPS) is 29.4. The van der Waals surface area contributed by atoms with Crippen LogP contribution in [0.4, 0.5) is 0 Å². The van der Waals surface area contributed by atoms with Crippen LogP contribution >= 0.6 is 0 Å². The van der Waals surface area contributed by atoms with Gasteiger partial charge in [-0.25, -0.2) is 13.1 Å². The quantitative estimate of drug-likeness (QED) is 0.534. The van der Waals surface area contributed by atoms with Crippen LogP contribution in [0.1, 0.15) is 13.3 Å². The van der Waals surface area contributed by atoms with Gasteiger partial charge in [-0.05, 0) is 19.9 Å². The van der Waals surface area contributed by atoms with Gasteiger partial charge in [0, 0.05) is 13.1 Å². The maximum absolute atomic E-state index is 11.1. The van der Waals surface area contributed by atoms with Crippen molar-refractivity contribution in [3.8, 4) is 0 Å². The topological polar surface area (TPSA) is 78.4 Å². The molecular formula is C7H16N2O3S. The number of hydrogen-bond donors (Lipinski definition) is 3. The van der Waals surface area contributed by atoms with Crippen molar-refractivity contribution in [3.63, 3.8) is 0 Å². The van der Waals surface area contributed by atoms with E-state index in [1.165, 1.54) is 0 Å². The van der Waals surface area contributed by atoms with E-state index in [0.29, 0.717) is 13.0 Å². The van der Waals surface area contributed by atoms with E-state index in [1.807, 2.05) is 0 Å². The van der Waals surface area contributed by atoms with Gasteiger partial charge in [0.1, 0.15) is 0 Å². The summed E-state index contributed by atoms with van der Waals surface area (Å²) in [5.74, 6) is 0.0521. The zero-order valence-electron chi connectivity index (χ0n) is 7.71. The van der Waals surface area contributed by atoms with Gasteiger partial charge < -0.3 is 10.4 Å². The van der Waals surface area contributed by atoms with Gasteiger partial charge in [-0.3, -0.25) is 0 Å². The van der Waals surface area contributed by atoms with Crippen LogP contribution in [-0.2, 0) is 10.0 Å². The van der Waals surface area contributed by atoms with Crippen molar-refractivity contribution in [2.45, 2.75) is 18.9 Å². The Kier molecular flexibility index (Phi) is 3.28. The molecule has 0 radical (unpaired) electrons. The second-order valence-electron chi connectivity index (χ2n) is 3.38. The summed E-state index contributed by atoms with van der Waals surface area (Å²) in [6.45, 7) is 2.87. The molecule has 1 rings (SSSR count). The lowest BCUT2D eigenvalue weighted by molar-refractivity contribution is 0.0668. The van der Waals surface area contributed by atoms with Gasteiger partial charge >= 0.3 is 0 Å². The molecule has 0 spiro atoms. The van der Waals surface area contributed by atoms with Crippen LogP contribution in [0.25, 0.3) is 0 Å². The van der Waals surface area contributed by atoms with Crippen molar-refractivity contribution in [1.82, 2.24) is 10.0 Å². The molecule has 0 aromatic heterocycles. The summed E-state index contributed by atoms with van der Waals surface area (Å²) in [4.78, 5) is 0. The largest absolute Gasteiger partial charge is 0.387 e. The van der Waals surface area contributed by atoms with Crippen molar-refractivity contribution in [2.75, 3.05) is 25.4 Å². The highest BCUT2D eigenvalue weighted by Gasteiger charge is 2.31. The third kappa shape index (κ3) is 3.22. The van der Waals surface area contributed by atoms with E-state index in [1.54, 1.807) is 6.92 Å². The first-order valence-electron chi connectivity index (χ1n) is 4.38. The zero-order valence-corrected chi connectivity index (χ0v) is 8.52. The third-order valence-corrected chi connectivity index (χ3v) is 3.57. The monoisotopic (exact) mass is 208 g/mol. The lowest BCUT2D eigenvalue weighted by atomic mass is 10.1. The Hall–Kier alpha value is -0.170. The molecule has 78 valence electrons. The van der Waals surface area contributed by atoms with Crippen LogP contribution in [0.5, 0.6) is 0 Å². The average molecular weight is 208 g/mol. The average Bonchev–Trinajstić information content (AvgIpc) is 2.50. The maximum atomic E-state index is 11.1. The van der Waals surface area contributed by atoms with Crippen molar-refractivity contribution >= 4 is 10.0 Å². The number of nitrogens with one attached hydrogen (secondary N) is 2. The third-order valence-electron chi connectivity index (χ3n) is 2.22. The highest BCUT2D eigenvalue weighted by molar-refractivity contribution is 7.89. The predicted octanol–water partition coefficient (Wildman–Crippen LogP) is -1.35. The summed E-state index contributed by atoms with van der Waals surface area (Å²) >= 11 is 0. The Morgan fingerprint density at radius 3 is 2.77 bits per heavy atom. The molecule has 3 N–H and O–H groups in total. The lowest BCUT2D eigenvalue weighted by Crippen LogP contribution is -2.44. The first-order chi connectivity index (χ1) is 5.97. The zero-order chi connectivity index (χ0) is 9.95. The number of aliphatic hydroxyl groups is 1. The van der Waals surface area contributed by atoms with E-state index >= 15 is 0 Å². The van der Waals surface area contributed by atoms with Gasteiger partial charge in [0.05, 0.1) is 11.4 Å². The Balaban J connectivity index is 2.42. The molecule has 0 bridgehead atoms. The Labute approximate surface area is 78.6 Å². The number of rotatable bonds is 4. The number of sulfonamides is 1. The summed E-state index contributed by atoms with van der Waals surface area (Å²) in [6.07, 6.45) is 0.596. The molecule has 1 saturated heterocycles. The molecule has 6 heteroatoms. The van der Waals surface area contributed by atoms with Crippen LogP contribution in [0.3, 0.4) is 0 Å². The minimum Gasteiger partial charge on any atom is -0.387 e. The fourth-order valence-corrected chi connectivity index (χ4v) is 1.92. The first kappa shape index (κ1) is 10.9. The second kappa shape index (κ2) is 3.91. The SMILES string of the molecule is CCS(=O)(=O)NCC1(O)CCNC1. The van der Waals surface area contributed by atoms with Gasteiger partial charge in [-0.1, -0.05) is 0 Å². The van der Waals surface area contributed by atoms with E-state index in [0.717, 1.165) is 6.54 Å². The molecule has 1 aliphatic heterocycles. The van der Waals surface area contributed by atoms with Crippen LogP contribution in [-0.4, -0.2) is 44.5 Å². The van der Waals surface area contributed by atoms with Crippen LogP contribution in [0, 0.1) is 0 Å². The van der Waals surface area contributed by atoms with Gasteiger partial charge in [0.15, 0.2) is 0 Å². The Bertz CT molecular complexity index is 257. The van der Waals surface area contributed by atoms with Crippen molar-refractivity contribution in [3.05, 3.63) is 0 Å². The molecule has 0 aromatic rings. The molecule has 13 heavy (non-hydrogen) atoms. The molecule has 5 nitrogen and oxygen atoms in total. The van der Waals surface area contributed by atoms with E-state index in [4.69, 9.17) is 0 Å². The summed E-state index contributed by atoms with van der Waals surface area (Å²) in [7, 11) is -3.18. The highest BCUT2D eigenvalue weighted by Crippen LogP contribution is 2.12. The number of hydrogen-bond acceptors (Lipinski definition) is 4. The van der Waals surface area contributed by atoms with Gasteiger partial charge in [-0.2, -0.15) is 0 Å². The van der Waals surface area contributed by atoms with Crippen LogP contribution in [0.2, 0.25) is 0 Å². The minimum atomic E-state index is -3.18.